The van der Waals surface area contributed by atoms with E-state index in [0.29, 0.717) is 12.5 Å². The molecule has 0 radical (unpaired) electrons. The summed E-state index contributed by atoms with van der Waals surface area (Å²) in [5, 5.41) is 2.87. The number of rotatable bonds is 3. The first-order chi connectivity index (χ1) is 10.3. The highest BCUT2D eigenvalue weighted by Crippen LogP contribution is 2.22. The molecular formula is C16H24BrN3O2. The molecule has 1 aliphatic rings. The summed E-state index contributed by atoms with van der Waals surface area (Å²) >= 11 is 3.40. The van der Waals surface area contributed by atoms with Crippen LogP contribution in [0.15, 0.2) is 22.8 Å². The van der Waals surface area contributed by atoms with E-state index in [4.69, 9.17) is 4.74 Å². The summed E-state index contributed by atoms with van der Waals surface area (Å²) in [6.07, 6.45) is 3.70. The summed E-state index contributed by atoms with van der Waals surface area (Å²) in [5.74, 6) is 1.41. The number of aromatic nitrogens is 1. The highest BCUT2D eigenvalue weighted by molar-refractivity contribution is 9.10. The number of nitrogens with one attached hydrogen (secondary N) is 1. The van der Waals surface area contributed by atoms with Crippen molar-refractivity contribution in [1.82, 2.24) is 10.3 Å². The Labute approximate surface area is 140 Å². The molecule has 0 aliphatic carbocycles. The van der Waals surface area contributed by atoms with Gasteiger partial charge < -0.3 is 15.0 Å². The standard InChI is InChI=1S/C16H24BrN3O2/c1-16(2,3)22-15(21)19-9-12-5-4-8-20(11-12)14-7-6-13(17)10-18-14/h6-7,10,12H,4-5,8-9,11H2,1-3H3,(H,19,21). The Balaban J connectivity index is 1.83. The van der Waals surface area contributed by atoms with Gasteiger partial charge in [0.1, 0.15) is 11.4 Å². The fourth-order valence-corrected chi connectivity index (χ4v) is 2.77. The van der Waals surface area contributed by atoms with Crippen molar-refractivity contribution in [2.24, 2.45) is 5.92 Å². The average molecular weight is 370 g/mol. The molecule has 1 N–H and O–H groups in total. The minimum atomic E-state index is -0.454. The van der Waals surface area contributed by atoms with Crippen molar-refractivity contribution in [3.05, 3.63) is 22.8 Å². The predicted molar refractivity (Wildman–Crippen MR) is 91.1 cm³/mol. The molecule has 1 unspecified atom stereocenters. The van der Waals surface area contributed by atoms with E-state index in [0.717, 1.165) is 36.2 Å². The van der Waals surface area contributed by atoms with Gasteiger partial charge in [0, 0.05) is 30.3 Å². The maximum atomic E-state index is 11.7. The molecule has 0 saturated carbocycles. The zero-order valence-corrected chi connectivity index (χ0v) is 15.0. The van der Waals surface area contributed by atoms with Gasteiger partial charge in [-0.2, -0.15) is 0 Å². The predicted octanol–water partition coefficient (Wildman–Crippen LogP) is 3.59. The zero-order chi connectivity index (χ0) is 16.2. The minimum absolute atomic E-state index is 0.341. The van der Waals surface area contributed by atoms with Crippen LogP contribution in [0.3, 0.4) is 0 Å². The lowest BCUT2D eigenvalue weighted by Gasteiger charge is -2.33. The van der Waals surface area contributed by atoms with Gasteiger partial charge in [-0.3, -0.25) is 0 Å². The lowest BCUT2D eigenvalue weighted by atomic mass is 9.98. The number of carbonyl (C=O) groups is 1. The van der Waals surface area contributed by atoms with Crippen LogP contribution in [0.25, 0.3) is 0 Å². The maximum absolute atomic E-state index is 11.7. The number of nitrogens with zero attached hydrogens (tertiary/aromatic N) is 2. The molecule has 1 aromatic rings. The number of halogens is 1. The first-order valence-electron chi connectivity index (χ1n) is 7.67. The van der Waals surface area contributed by atoms with Crippen molar-refractivity contribution < 1.29 is 9.53 Å². The molecule has 1 fully saturated rings. The smallest absolute Gasteiger partial charge is 0.407 e. The molecule has 0 aromatic carbocycles. The van der Waals surface area contributed by atoms with Crippen molar-refractivity contribution in [1.29, 1.82) is 0 Å². The number of anilines is 1. The summed E-state index contributed by atoms with van der Waals surface area (Å²) in [4.78, 5) is 18.4. The van der Waals surface area contributed by atoms with E-state index < -0.39 is 5.60 Å². The zero-order valence-electron chi connectivity index (χ0n) is 13.4. The monoisotopic (exact) mass is 369 g/mol. The van der Waals surface area contributed by atoms with Crippen molar-refractivity contribution in [2.75, 3.05) is 24.5 Å². The lowest BCUT2D eigenvalue weighted by molar-refractivity contribution is 0.0517. The van der Waals surface area contributed by atoms with Gasteiger partial charge in [-0.05, 0) is 67.6 Å². The van der Waals surface area contributed by atoms with Crippen LogP contribution < -0.4 is 10.2 Å². The van der Waals surface area contributed by atoms with E-state index in [9.17, 15) is 4.79 Å². The third kappa shape index (κ3) is 5.48. The molecule has 1 aliphatic heterocycles. The van der Waals surface area contributed by atoms with Gasteiger partial charge in [0.05, 0.1) is 0 Å². The van der Waals surface area contributed by atoms with Gasteiger partial charge in [0.25, 0.3) is 0 Å². The van der Waals surface area contributed by atoms with Gasteiger partial charge in [0.2, 0.25) is 0 Å². The molecular weight excluding hydrogens is 346 g/mol. The van der Waals surface area contributed by atoms with E-state index in [1.54, 1.807) is 0 Å². The minimum Gasteiger partial charge on any atom is -0.444 e. The molecule has 1 aromatic heterocycles. The molecule has 2 rings (SSSR count). The Hall–Kier alpha value is -1.30. The summed E-state index contributed by atoms with van der Waals surface area (Å²) < 4.78 is 6.25. The van der Waals surface area contributed by atoms with Crippen LogP contribution in [0.2, 0.25) is 0 Å². The van der Waals surface area contributed by atoms with E-state index in [2.05, 4.69) is 31.1 Å². The summed E-state index contributed by atoms with van der Waals surface area (Å²) in [6.45, 7) is 8.17. The number of amides is 1. The number of hydrogen-bond acceptors (Lipinski definition) is 4. The highest BCUT2D eigenvalue weighted by atomic mass is 79.9. The van der Waals surface area contributed by atoms with Crippen LogP contribution >= 0.6 is 15.9 Å². The van der Waals surface area contributed by atoms with Crippen LogP contribution in [0, 0.1) is 5.92 Å². The topological polar surface area (TPSA) is 54.5 Å². The largest absolute Gasteiger partial charge is 0.444 e. The van der Waals surface area contributed by atoms with Crippen molar-refractivity contribution in [3.63, 3.8) is 0 Å². The van der Waals surface area contributed by atoms with Gasteiger partial charge in [-0.1, -0.05) is 0 Å². The first kappa shape index (κ1) is 17.1. The summed E-state index contributed by atoms with van der Waals surface area (Å²) in [6, 6.07) is 4.03. The summed E-state index contributed by atoms with van der Waals surface area (Å²) in [7, 11) is 0. The van der Waals surface area contributed by atoms with Gasteiger partial charge in [-0.25, -0.2) is 9.78 Å². The molecule has 5 nitrogen and oxygen atoms in total. The van der Waals surface area contributed by atoms with Crippen LogP contribution in [0.1, 0.15) is 33.6 Å². The highest BCUT2D eigenvalue weighted by Gasteiger charge is 2.22. The lowest BCUT2D eigenvalue weighted by Crippen LogP contribution is -2.42. The maximum Gasteiger partial charge on any atom is 0.407 e. The second-order valence-electron chi connectivity index (χ2n) is 6.67. The molecule has 1 amide bonds. The van der Waals surface area contributed by atoms with E-state index in [1.165, 1.54) is 0 Å². The van der Waals surface area contributed by atoms with Gasteiger partial charge in [-0.15, -0.1) is 0 Å². The molecule has 2 heterocycles. The molecule has 1 atom stereocenters. The Bertz CT molecular complexity index is 499. The van der Waals surface area contributed by atoms with E-state index in [-0.39, 0.29) is 6.09 Å². The Morgan fingerprint density at radius 2 is 2.27 bits per heavy atom. The van der Waals surface area contributed by atoms with E-state index >= 15 is 0 Å². The van der Waals surface area contributed by atoms with Crippen molar-refractivity contribution in [2.45, 2.75) is 39.2 Å². The third-order valence-corrected chi connectivity index (χ3v) is 3.96. The third-order valence-electron chi connectivity index (χ3n) is 3.49. The normalized spacial score (nSPS) is 18.9. The number of carbonyl (C=O) groups excluding carboxylic acids is 1. The molecule has 0 bridgehead atoms. The Kier molecular flexibility index (Phi) is 5.67. The number of alkyl carbamates (subject to hydrolysis) is 1. The van der Waals surface area contributed by atoms with Crippen molar-refractivity contribution >= 4 is 27.8 Å². The number of ether oxygens (including phenoxy) is 1. The second-order valence-corrected chi connectivity index (χ2v) is 7.59. The molecule has 0 spiro atoms. The van der Waals surface area contributed by atoms with Crippen LogP contribution in [-0.2, 0) is 4.74 Å². The van der Waals surface area contributed by atoms with Crippen molar-refractivity contribution in [3.8, 4) is 0 Å². The molecule has 122 valence electrons. The van der Waals surface area contributed by atoms with Crippen LogP contribution in [-0.4, -0.2) is 36.3 Å². The summed E-state index contributed by atoms with van der Waals surface area (Å²) in [5.41, 5.74) is -0.454. The van der Waals surface area contributed by atoms with Crippen LogP contribution in [0.4, 0.5) is 10.6 Å². The second kappa shape index (κ2) is 7.31. The fraction of sp³-hybridized carbons (Fsp3) is 0.625. The number of hydrogen-bond donors (Lipinski definition) is 1. The first-order valence-corrected chi connectivity index (χ1v) is 8.46. The van der Waals surface area contributed by atoms with E-state index in [1.807, 2.05) is 39.1 Å². The van der Waals surface area contributed by atoms with Crippen LogP contribution in [0.5, 0.6) is 0 Å². The Morgan fingerprint density at radius 3 is 2.91 bits per heavy atom. The molecule has 1 saturated heterocycles. The number of pyridine rings is 1. The molecule has 6 heteroatoms. The SMILES string of the molecule is CC(C)(C)OC(=O)NCC1CCCN(c2ccc(Br)cn2)C1. The fourth-order valence-electron chi connectivity index (χ4n) is 2.54. The molecule has 22 heavy (non-hydrogen) atoms. The number of piperidine rings is 1. The quantitative estimate of drug-likeness (QED) is 0.884. The van der Waals surface area contributed by atoms with Gasteiger partial charge in [0.15, 0.2) is 0 Å². The Morgan fingerprint density at radius 1 is 1.50 bits per heavy atom. The average Bonchev–Trinajstić information content (AvgIpc) is 2.44. The van der Waals surface area contributed by atoms with Gasteiger partial charge >= 0.3 is 6.09 Å².